The zero-order valence-corrected chi connectivity index (χ0v) is 11.0. The fraction of sp³-hybridized carbons (Fsp3) is 0.0833. The largest absolute Gasteiger partial charge is 0.340 e. The highest BCUT2D eigenvalue weighted by atomic mass is 32.1. The van der Waals surface area contributed by atoms with E-state index in [-0.39, 0.29) is 0 Å². The summed E-state index contributed by atoms with van der Waals surface area (Å²) in [5.41, 5.74) is 7.07. The van der Waals surface area contributed by atoms with Gasteiger partial charge in [0.2, 0.25) is 5.95 Å². The number of nitrogens with one attached hydrogen (secondary N) is 2. The Bertz CT molecular complexity index is 723. The first-order valence-corrected chi connectivity index (χ1v) is 6.55. The molecule has 0 spiro atoms. The molecule has 0 saturated heterocycles. The average molecular weight is 272 g/mol. The van der Waals surface area contributed by atoms with E-state index < -0.39 is 0 Å². The quantitative estimate of drug-likeness (QED) is 0.501. The number of fused-ring (bicyclic) bond motifs is 1. The summed E-state index contributed by atoms with van der Waals surface area (Å²) in [5.74, 6) is 6.42. The molecule has 0 aliphatic rings. The van der Waals surface area contributed by atoms with Crippen LogP contribution in [0.15, 0.2) is 29.8 Å². The lowest BCUT2D eigenvalue weighted by Crippen LogP contribution is -2.11. The molecule has 4 N–H and O–H groups in total. The molecule has 1 aromatic carbocycles. The number of nitrogens with two attached hydrogens (primary N) is 1. The van der Waals surface area contributed by atoms with E-state index in [1.807, 2.05) is 36.7 Å². The lowest BCUT2D eigenvalue weighted by atomic mass is 10.3. The maximum Gasteiger partial charge on any atom is 0.239 e. The molecule has 0 atom stereocenters. The Morgan fingerprint density at radius 1 is 1.21 bits per heavy atom. The topological polar surface area (TPSA) is 88.8 Å². The molecule has 0 amide bonds. The van der Waals surface area contributed by atoms with Crippen LogP contribution in [0.25, 0.3) is 10.2 Å². The second-order valence-corrected chi connectivity index (χ2v) is 4.91. The zero-order valence-electron chi connectivity index (χ0n) is 10.2. The van der Waals surface area contributed by atoms with E-state index in [4.69, 9.17) is 5.84 Å². The predicted octanol–water partition coefficient (Wildman–Crippen LogP) is 2.42. The molecule has 19 heavy (non-hydrogen) atoms. The van der Waals surface area contributed by atoms with Crippen LogP contribution in [0.1, 0.15) is 5.69 Å². The van der Waals surface area contributed by atoms with Gasteiger partial charge in [0.15, 0.2) is 0 Å². The number of benzene rings is 1. The van der Waals surface area contributed by atoms with E-state index in [1.54, 1.807) is 11.3 Å². The number of hydrazine groups is 1. The summed E-state index contributed by atoms with van der Waals surface area (Å²) < 4.78 is 1.13. The molecule has 96 valence electrons. The second kappa shape index (κ2) is 4.79. The van der Waals surface area contributed by atoms with Crippen molar-refractivity contribution in [1.82, 2.24) is 15.0 Å². The van der Waals surface area contributed by atoms with Crippen molar-refractivity contribution in [2.24, 2.45) is 5.84 Å². The summed E-state index contributed by atoms with van der Waals surface area (Å²) in [6.45, 7) is 1.89. The van der Waals surface area contributed by atoms with Crippen LogP contribution < -0.4 is 16.6 Å². The van der Waals surface area contributed by atoms with Crippen LogP contribution in [0, 0.1) is 6.92 Å². The van der Waals surface area contributed by atoms with Gasteiger partial charge in [0.25, 0.3) is 0 Å². The van der Waals surface area contributed by atoms with E-state index in [1.165, 1.54) is 0 Å². The molecule has 0 fully saturated rings. The fourth-order valence-electron chi connectivity index (χ4n) is 1.78. The van der Waals surface area contributed by atoms with E-state index >= 15 is 0 Å². The van der Waals surface area contributed by atoms with Crippen LogP contribution in [-0.2, 0) is 0 Å². The highest BCUT2D eigenvalue weighted by Crippen LogP contribution is 2.24. The summed E-state index contributed by atoms with van der Waals surface area (Å²) in [7, 11) is 0. The molecule has 0 radical (unpaired) electrons. The summed E-state index contributed by atoms with van der Waals surface area (Å²) >= 11 is 1.61. The highest BCUT2D eigenvalue weighted by Gasteiger charge is 2.03. The lowest BCUT2D eigenvalue weighted by molar-refractivity contribution is 1.07. The van der Waals surface area contributed by atoms with Gasteiger partial charge in [0.1, 0.15) is 5.82 Å². The van der Waals surface area contributed by atoms with Crippen molar-refractivity contribution in [1.29, 1.82) is 0 Å². The van der Waals surface area contributed by atoms with Gasteiger partial charge in [-0.1, -0.05) is 0 Å². The molecule has 0 saturated carbocycles. The fourth-order valence-corrected chi connectivity index (χ4v) is 2.49. The normalized spacial score (nSPS) is 10.6. The van der Waals surface area contributed by atoms with Gasteiger partial charge in [-0.25, -0.2) is 15.8 Å². The molecule has 0 aliphatic heterocycles. The number of rotatable bonds is 3. The van der Waals surface area contributed by atoms with Gasteiger partial charge in [0.05, 0.1) is 15.7 Å². The van der Waals surface area contributed by atoms with Crippen molar-refractivity contribution in [3.8, 4) is 0 Å². The van der Waals surface area contributed by atoms with Gasteiger partial charge in [0, 0.05) is 17.4 Å². The Balaban J connectivity index is 1.93. The van der Waals surface area contributed by atoms with Crippen molar-refractivity contribution in [3.05, 3.63) is 35.5 Å². The number of aromatic nitrogens is 3. The second-order valence-electron chi connectivity index (χ2n) is 4.02. The summed E-state index contributed by atoms with van der Waals surface area (Å²) in [6.07, 6.45) is 0. The predicted molar refractivity (Wildman–Crippen MR) is 77.5 cm³/mol. The number of anilines is 3. The molecule has 0 unspecified atom stereocenters. The van der Waals surface area contributed by atoms with Crippen molar-refractivity contribution in [3.63, 3.8) is 0 Å². The average Bonchev–Trinajstić information content (AvgIpc) is 2.85. The first-order chi connectivity index (χ1) is 9.24. The van der Waals surface area contributed by atoms with E-state index in [0.717, 1.165) is 21.6 Å². The van der Waals surface area contributed by atoms with Crippen LogP contribution in [0.2, 0.25) is 0 Å². The van der Waals surface area contributed by atoms with Gasteiger partial charge < -0.3 is 5.32 Å². The Morgan fingerprint density at radius 3 is 2.95 bits per heavy atom. The maximum atomic E-state index is 5.33. The van der Waals surface area contributed by atoms with Gasteiger partial charge in [-0.2, -0.15) is 4.98 Å². The third-order valence-electron chi connectivity index (χ3n) is 2.59. The van der Waals surface area contributed by atoms with Gasteiger partial charge in [-0.3, -0.25) is 5.43 Å². The summed E-state index contributed by atoms with van der Waals surface area (Å²) in [4.78, 5) is 12.6. The molecule has 2 heterocycles. The summed E-state index contributed by atoms with van der Waals surface area (Å²) in [5, 5.41) is 3.23. The van der Waals surface area contributed by atoms with Crippen molar-refractivity contribution < 1.29 is 0 Å². The van der Waals surface area contributed by atoms with Gasteiger partial charge >= 0.3 is 0 Å². The Hall–Kier alpha value is -2.25. The third kappa shape index (κ3) is 2.47. The minimum Gasteiger partial charge on any atom is -0.340 e. The maximum absolute atomic E-state index is 5.33. The molecule has 0 bridgehead atoms. The minimum atomic E-state index is 0.390. The summed E-state index contributed by atoms with van der Waals surface area (Å²) in [6, 6.07) is 7.84. The number of aryl methyl sites for hydroxylation is 1. The number of nitrogen functional groups attached to an aromatic ring is 1. The van der Waals surface area contributed by atoms with E-state index in [2.05, 4.69) is 25.7 Å². The molecule has 3 aromatic rings. The van der Waals surface area contributed by atoms with Crippen LogP contribution in [0.4, 0.5) is 17.5 Å². The van der Waals surface area contributed by atoms with E-state index in [0.29, 0.717) is 11.8 Å². The zero-order chi connectivity index (χ0) is 13.2. The molecule has 2 aromatic heterocycles. The highest BCUT2D eigenvalue weighted by molar-refractivity contribution is 7.16. The van der Waals surface area contributed by atoms with E-state index in [9.17, 15) is 0 Å². The van der Waals surface area contributed by atoms with Gasteiger partial charge in [-0.15, -0.1) is 11.3 Å². The minimum absolute atomic E-state index is 0.390. The lowest BCUT2D eigenvalue weighted by Gasteiger charge is -2.08. The van der Waals surface area contributed by atoms with Crippen molar-refractivity contribution in [2.75, 3.05) is 10.7 Å². The first-order valence-electron chi connectivity index (χ1n) is 5.67. The molecule has 7 heteroatoms. The van der Waals surface area contributed by atoms with Gasteiger partial charge in [-0.05, 0) is 25.1 Å². The molecule has 0 aliphatic carbocycles. The SMILES string of the molecule is Cc1cc(Nc2ccc3ncsc3c2)nc(NN)n1. The number of thiazole rings is 1. The Kier molecular flexibility index (Phi) is 2.98. The first kappa shape index (κ1) is 11.8. The Morgan fingerprint density at radius 2 is 2.11 bits per heavy atom. The van der Waals surface area contributed by atoms with Crippen LogP contribution >= 0.6 is 11.3 Å². The standard InChI is InChI=1S/C12H12N6S/c1-7-4-11(17-12(15-7)18-13)16-8-2-3-9-10(5-8)19-6-14-9/h2-6H,13H2,1H3,(H2,15,16,17,18). The van der Waals surface area contributed by atoms with Crippen LogP contribution in [0.3, 0.4) is 0 Å². The molecule has 3 rings (SSSR count). The Labute approximate surface area is 113 Å². The van der Waals surface area contributed by atoms with Crippen LogP contribution in [0.5, 0.6) is 0 Å². The monoisotopic (exact) mass is 272 g/mol. The molecule has 6 nitrogen and oxygen atoms in total. The number of hydrogen-bond acceptors (Lipinski definition) is 7. The number of hydrogen-bond donors (Lipinski definition) is 3. The molecular weight excluding hydrogens is 260 g/mol. The van der Waals surface area contributed by atoms with Crippen molar-refractivity contribution in [2.45, 2.75) is 6.92 Å². The molecular formula is C12H12N6S. The smallest absolute Gasteiger partial charge is 0.239 e. The third-order valence-corrected chi connectivity index (χ3v) is 3.38. The number of nitrogens with zero attached hydrogens (tertiary/aromatic N) is 3. The van der Waals surface area contributed by atoms with Crippen molar-refractivity contribution >= 4 is 39.0 Å². The van der Waals surface area contributed by atoms with Crippen LogP contribution in [-0.4, -0.2) is 15.0 Å².